The van der Waals surface area contributed by atoms with Crippen molar-refractivity contribution in [2.75, 3.05) is 6.54 Å². The highest BCUT2D eigenvalue weighted by Gasteiger charge is 2.30. The van der Waals surface area contributed by atoms with E-state index in [4.69, 9.17) is 9.52 Å². The van der Waals surface area contributed by atoms with Crippen molar-refractivity contribution < 1.29 is 14.3 Å². The van der Waals surface area contributed by atoms with Crippen LogP contribution in [0.5, 0.6) is 0 Å². The van der Waals surface area contributed by atoms with Gasteiger partial charge in [-0.25, -0.2) is 0 Å². The Morgan fingerprint density at radius 2 is 2.33 bits per heavy atom. The summed E-state index contributed by atoms with van der Waals surface area (Å²) in [6, 6.07) is 7.61. The highest BCUT2D eigenvalue weighted by molar-refractivity contribution is 5.77. The van der Waals surface area contributed by atoms with Crippen LogP contribution < -0.4 is 0 Å². The van der Waals surface area contributed by atoms with Crippen LogP contribution in [0.3, 0.4) is 0 Å². The minimum absolute atomic E-state index is 0.329. The van der Waals surface area contributed by atoms with Crippen LogP contribution in [0.1, 0.15) is 18.4 Å². The predicted octanol–water partition coefficient (Wildman–Crippen LogP) is 2.48. The number of benzene rings is 1. The van der Waals surface area contributed by atoms with E-state index in [9.17, 15) is 4.79 Å². The van der Waals surface area contributed by atoms with E-state index < -0.39 is 5.97 Å². The Labute approximate surface area is 105 Å². The summed E-state index contributed by atoms with van der Waals surface area (Å²) in [6.45, 7) is 1.55. The number of rotatable bonds is 3. The monoisotopic (exact) mass is 245 g/mol. The van der Waals surface area contributed by atoms with E-state index in [1.54, 1.807) is 6.26 Å². The molecule has 1 aromatic heterocycles. The van der Waals surface area contributed by atoms with E-state index in [0.717, 1.165) is 35.9 Å². The molecule has 0 bridgehead atoms. The summed E-state index contributed by atoms with van der Waals surface area (Å²) in [5.74, 6) is -0.711. The maximum absolute atomic E-state index is 11.1. The van der Waals surface area contributed by atoms with Crippen molar-refractivity contribution in [2.24, 2.45) is 0 Å². The molecule has 3 rings (SSSR count). The first-order valence-corrected chi connectivity index (χ1v) is 6.17. The number of carboxylic acid groups (broad SMARTS) is 1. The number of hydrogen-bond donors (Lipinski definition) is 1. The standard InChI is InChI=1S/C14H15NO3/c16-14(17)12-2-1-6-15(12)9-10-3-4-13-11(8-10)5-7-18-13/h3-5,7-8,12H,1-2,6,9H2,(H,16,17). The molecule has 1 saturated heterocycles. The van der Waals surface area contributed by atoms with Gasteiger partial charge in [0.25, 0.3) is 0 Å². The van der Waals surface area contributed by atoms with Gasteiger partial charge in [0.15, 0.2) is 0 Å². The van der Waals surface area contributed by atoms with Crippen LogP contribution in [0.25, 0.3) is 11.0 Å². The van der Waals surface area contributed by atoms with Gasteiger partial charge in [-0.15, -0.1) is 0 Å². The predicted molar refractivity (Wildman–Crippen MR) is 67.3 cm³/mol. The molecule has 0 amide bonds. The molecule has 0 saturated carbocycles. The largest absolute Gasteiger partial charge is 0.480 e. The second-order valence-electron chi connectivity index (χ2n) is 4.76. The average molecular weight is 245 g/mol. The Morgan fingerprint density at radius 3 is 3.17 bits per heavy atom. The summed E-state index contributed by atoms with van der Waals surface area (Å²) in [4.78, 5) is 13.1. The lowest BCUT2D eigenvalue weighted by molar-refractivity contribution is -0.142. The molecular formula is C14H15NO3. The molecule has 0 aliphatic carbocycles. The van der Waals surface area contributed by atoms with Crippen molar-refractivity contribution in [1.29, 1.82) is 0 Å². The SMILES string of the molecule is O=C(O)C1CCCN1Cc1ccc2occc2c1. The van der Waals surface area contributed by atoms with Crippen LogP contribution in [0.4, 0.5) is 0 Å². The average Bonchev–Trinajstić information content (AvgIpc) is 2.96. The lowest BCUT2D eigenvalue weighted by Gasteiger charge is -2.20. The molecule has 94 valence electrons. The Kier molecular flexibility index (Phi) is 2.80. The van der Waals surface area contributed by atoms with Gasteiger partial charge in [0.2, 0.25) is 0 Å². The summed E-state index contributed by atoms with van der Waals surface area (Å²) >= 11 is 0. The molecule has 4 nitrogen and oxygen atoms in total. The lowest BCUT2D eigenvalue weighted by Crippen LogP contribution is -2.35. The van der Waals surface area contributed by atoms with Gasteiger partial charge in [0.1, 0.15) is 11.6 Å². The Balaban J connectivity index is 1.80. The topological polar surface area (TPSA) is 53.7 Å². The molecule has 2 heterocycles. The van der Waals surface area contributed by atoms with Gasteiger partial charge < -0.3 is 9.52 Å². The fraction of sp³-hybridized carbons (Fsp3) is 0.357. The molecule has 1 aliphatic rings. The van der Waals surface area contributed by atoms with Gasteiger partial charge in [0, 0.05) is 11.9 Å². The number of fused-ring (bicyclic) bond motifs is 1. The molecule has 0 spiro atoms. The van der Waals surface area contributed by atoms with E-state index in [1.807, 2.05) is 23.1 Å². The minimum atomic E-state index is -0.711. The first-order chi connectivity index (χ1) is 8.74. The molecule has 4 heteroatoms. The van der Waals surface area contributed by atoms with Crippen molar-refractivity contribution in [3.63, 3.8) is 0 Å². The third-order valence-corrected chi connectivity index (χ3v) is 3.55. The van der Waals surface area contributed by atoms with Crippen molar-refractivity contribution in [1.82, 2.24) is 4.90 Å². The molecule has 1 unspecified atom stereocenters. The Bertz CT molecular complexity index is 575. The molecule has 1 N–H and O–H groups in total. The second kappa shape index (κ2) is 4.46. The second-order valence-corrected chi connectivity index (χ2v) is 4.76. The maximum Gasteiger partial charge on any atom is 0.320 e. The smallest absolute Gasteiger partial charge is 0.320 e. The molecular weight excluding hydrogens is 230 g/mol. The molecule has 1 aliphatic heterocycles. The van der Waals surface area contributed by atoms with Crippen LogP contribution in [0, 0.1) is 0 Å². The summed E-state index contributed by atoms with van der Waals surface area (Å²) in [5.41, 5.74) is 2.01. The first-order valence-electron chi connectivity index (χ1n) is 6.17. The van der Waals surface area contributed by atoms with E-state index in [2.05, 4.69) is 6.07 Å². The van der Waals surface area contributed by atoms with E-state index >= 15 is 0 Å². The van der Waals surface area contributed by atoms with Crippen molar-refractivity contribution in [3.05, 3.63) is 36.1 Å². The summed E-state index contributed by atoms with van der Waals surface area (Å²) < 4.78 is 5.29. The lowest BCUT2D eigenvalue weighted by atomic mass is 10.1. The molecule has 0 radical (unpaired) electrons. The number of furan rings is 1. The molecule has 2 aromatic rings. The molecule has 1 aromatic carbocycles. The highest BCUT2D eigenvalue weighted by atomic mass is 16.4. The van der Waals surface area contributed by atoms with Crippen LogP contribution in [0.2, 0.25) is 0 Å². The molecule has 1 atom stereocenters. The zero-order valence-electron chi connectivity index (χ0n) is 10.0. The molecule has 1 fully saturated rings. The van der Waals surface area contributed by atoms with Crippen LogP contribution >= 0.6 is 0 Å². The van der Waals surface area contributed by atoms with Gasteiger partial charge in [-0.2, -0.15) is 0 Å². The Morgan fingerprint density at radius 1 is 1.44 bits per heavy atom. The summed E-state index contributed by atoms with van der Waals surface area (Å²) in [7, 11) is 0. The van der Waals surface area contributed by atoms with Crippen molar-refractivity contribution >= 4 is 16.9 Å². The maximum atomic E-state index is 11.1. The number of carboxylic acids is 1. The summed E-state index contributed by atoms with van der Waals surface area (Å²) in [6.07, 6.45) is 3.39. The number of likely N-dealkylation sites (tertiary alicyclic amines) is 1. The van der Waals surface area contributed by atoms with Crippen molar-refractivity contribution in [2.45, 2.75) is 25.4 Å². The van der Waals surface area contributed by atoms with Gasteiger partial charge in [-0.05, 0) is 43.1 Å². The third kappa shape index (κ3) is 1.99. The summed E-state index contributed by atoms with van der Waals surface area (Å²) in [5, 5.41) is 10.2. The van der Waals surface area contributed by atoms with Crippen LogP contribution in [0.15, 0.2) is 34.9 Å². The number of carbonyl (C=O) groups is 1. The van der Waals surface area contributed by atoms with Crippen LogP contribution in [-0.2, 0) is 11.3 Å². The minimum Gasteiger partial charge on any atom is -0.480 e. The van der Waals surface area contributed by atoms with E-state index in [0.29, 0.717) is 6.54 Å². The third-order valence-electron chi connectivity index (χ3n) is 3.55. The fourth-order valence-corrected chi connectivity index (χ4v) is 2.64. The van der Waals surface area contributed by atoms with Gasteiger partial charge >= 0.3 is 5.97 Å². The first kappa shape index (κ1) is 11.3. The number of nitrogens with zero attached hydrogens (tertiary/aromatic N) is 1. The zero-order chi connectivity index (χ0) is 12.5. The van der Waals surface area contributed by atoms with Gasteiger partial charge in [-0.1, -0.05) is 6.07 Å². The Hall–Kier alpha value is -1.81. The normalized spacial score (nSPS) is 20.6. The van der Waals surface area contributed by atoms with Crippen molar-refractivity contribution in [3.8, 4) is 0 Å². The quantitative estimate of drug-likeness (QED) is 0.902. The molecule has 18 heavy (non-hydrogen) atoms. The van der Waals surface area contributed by atoms with E-state index in [1.165, 1.54) is 0 Å². The van der Waals surface area contributed by atoms with E-state index in [-0.39, 0.29) is 6.04 Å². The fourth-order valence-electron chi connectivity index (χ4n) is 2.64. The number of hydrogen-bond acceptors (Lipinski definition) is 3. The zero-order valence-corrected chi connectivity index (χ0v) is 10.0. The van der Waals surface area contributed by atoms with Gasteiger partial charge in [0.05, 0.1) is 6.26 Å². The van der Waals surface area contributed by atoms with Crippen LogP contribution in [-0.4, -0.2) is 28.6 Å². The highest BCUT2D eigenvalue weighted by Crippen LogP contribution is 2.22. The van der Waals surface area contributed by atoms with Gasteiger partial charge in [-0.3, -0.25) is 9.69 Å². The number of aliphatic carboxylic acids is 1.